The summed E-state index contributed by atoms with van der Waals surface area (Å²) in [4.78, 5) is 11.6. The summed E-state index contributed by atoms with van der Waals surface area (Å²) in [5, 5.41) is 11.9. The Bertz CT molecular complexity index is 734. The van der Waals surface area contributed by atoms with E-state index in [1.807, 2.05) is 42.5 Å². The van der Waals surface area contributed by atoms with Crippen LogP contribution in [-0.4, -0.2) is 24.2 Å². The van der Waals surface area contributed by atoms with Gasteiger partial charge in [0, 0.05) is 33.2 Å². The van der Waals surface area contributed by atoms with Gasteiger partial charge in [0.25, 0.3) is 0 Å². The number of hydrogen-bond acceptors (Lipinski definition) is 3. The first kappa shape index (κ1) is 18.5. The van der Waals surface area contributed by atoms with Crippen LogP contribution in [0.3, 0.4) is 0 Å². The number of ether oxygens (including phenoxy) is 1. The monoisotopic (exact) mass is 409 g/mol. The second kappa shape index (κ2) is 9.47. The lowest BCUT2D eigenvalue weighted by molar-refractivity contribution is -0.116. The summed E-state index contributed by atoms with van der Waals surface area (Å²) in [6.45, 7) is 0.457. The Morgan fingerprint density at radius 2 is 2.08 bits per heavy atom. The maximum Gasteiger partial charge on any atom is 0.244 e. The van der Waals surface area contributed by atoms with Crippen LogP contribution in [0.5, 0.6) is 5.75 Å². The standard InChI is InChI=1S/C18H17BrClNO3/c19-15-6-7-17(24-12-14-3-1-2-4-16(14)20)13(11-15)5-8-18(23)21-9-10-22/h1-8,11,22H,9-10,12H2,(H,21,23)/b8-5+. The Morgan fingerprint density at radius 3 is 2.83 bits per heavy atom. The van der Waals surface area contributed by atoms with Crippen LogP contribution in [0.15, 0.2) is 53.0 Å². The first-order valence-electron chi connectivity index (χ1n) is 7.32. The molecule has 0 saturated carbocycles. The molecule has 0 heterocycles. The molecule has 0 atom stereocenters. The Morgan fingerprint density at radius 1 is 1.29 bits per heavy atom. The van der Waals surface area contributed by atoms with E-state index in [1.165, 1.54) is 6.08 Å². The van der Waals surface area contributed by atoms with E-state index in [1.54, 1.807) is 6.08 Å². The molecule has 0 unspecified atom stereocenters. The molecule has 2 rings (SSSR count). The number of rotatable bonds is 7. The molecule has 0 fully saturated rings. The molecule has 0 bridgehead atoms. The minimum Gasteiger partial charge on any atom is -0.488 e. The fourth-order valence-corrected chi connectivity index (χ4v) is 2.52. The van der Waals surface area contributed by atoms with Gasteiger partial charge in [0.15, 0.2) is 0 Å². The topological polar surface area (TPSA) is 58.6 Å². The second-order valence-corrected chi connectivity index (χ2v) is 6.23. The summed E-state index contributed by atoms with van der Waals surface area (Å²) in [5.74, 6) is 0.366. The van der Waals surface area contributed by atoms with Crippen molar-refractivity contribution < 1.29 is 14.6 Å². The smallest absolute Gasteiger partial charge is 0.244 e. The average Bonchev–Trinajstić information content (AvgIpc) is 2.58. The van der Waals surface area contributed by atoms with Gasteiger partial charge in [0.05, 0.1) is 6.61 Å². The predicted octanol–water partition coefficient (Wildman–Crippen LogP) is 3.80. The number of carbonyl (C=O) groups excluding carboxylic acids is 1. The predicted molar refractivity (Wildman–Crippen MR) is 99.1 cm³/mol. The van der Waals surface area contributed by atoms with E-state index in [0.29, 0.717) is 17.4 Å². The van der Waals surface area contributed by atoms with Gasteiger partial charge < -0.3 is 15.2 Å². The van der Waals surface area contributed by atoms with Gasteiger partial charge in [-0.2, -0.15) is 0 Å². The Hall–Kier alpha value is -1.82. The molecule has 4 nitrogen and oxygen atoms in total. The number of carbonyl (C=O) groups is 1. The summed E-state index contributed by atoms with van der Waals surface area (Å²) < 4.78 is 6.72. The molecule has 126 valence electrons. The second-order valence-electron chi connectivity index (χ2n) is 4.91. The van der Waals surface area contributed by atoms with Crippen molar-refractivity contribution >= 4 is 39.5 Å². The number of aliphatic hydroxyl groups excluding tert-OH is 1. The van der Waals surface area contributed by atoms with Gasteiger partial charge in [-0.1, -0.05) is 45.7 Å². The molecule has 0 aliphatic rings. The minimum absolute atomic E-state index is 0.0946. The van der Waals surface area contributed by atoms with E-state index < -0.39 is 0 Å². The maximum absolute atomic E-state index is 11.6. The van der Waals surface area contributed by atoms with Crippen molar-refractivity contribution in [1.29, 1.82) is 0 Å². The van der Waals surface area contributed by atoms with E-state index >= 15 is 0 Å². The number of aliphatic hydroxyl groups is 1. The van der Waals surface area contributed by atoms with Gasteiger partial charge in [-0.05, 0) is 30.3 Å². The van der Waals surface area contributed by atoms with Crippen molar-refractivity contribution in [2.24, 2.45) is 0 Å². The highest BCUT2D eigenvalue weighted by Gasteiger charge is 2.05. The molecule has 0 saturated heterocycles. The first-order valence-corrected chi connectivity index (χ1v) is 8.50. The van der Waals surface area contributed by atoms with Crippen LogP contribution in [0.4, 0.5) is 0 Å². The number of amides is 1. The molecule has 6 heteroatoms. The zero-order chi connectivity index (χ0) is 17.4. The fraction of sp³-hybridized carbons (Fsp3) is 0.167. The quantitative estimate of drug-likeness (QED) is 0.683. The Labute approximate surface area is 154 Å². The van der Waals surface area contributed by atoms with Gasteiger partial charge in [0.2, 0.25) is 5.91 Å². The van der Waals surface area contributed by atoms with Crippen molar-refractivity contribution in [2.75, 3.05) is 13.2 Å². The highest BCUT2D eigenvalue weighted by atomic mass is 79.9. The third-order valence-electron chi connectivity index (χ3n) is 3.14. The van der Waals surface area contributed by atoms with Crippen LogP contribution >= 0.6 is 27.5 Å². The van der Waals surface area contributed by atoms with E-state index in [0.717, 1.165) is 15.6 Å². The molecule has 0 aliphatic carbocycles. The molecule has 0 aliphatic heterocycles. The van der Waals surface area contributed by atoms with Crippen LogP contribution in [-0.2, 0) is 11.4 Å². The van der Waals surface area contributed by atoms with E-state index in [4.69, 9.17) is 21.4 Å². The Balaban J connectivity index is 2.11. The lowest BCUT2D eigenvalue weighted by Gasteiger charge is -2.11. The van der Waals surface area contributed by atoms with E-state index in [9.17, 15) is 4.79 Å². The van der Waals surface area contributed by atoms with E-state index in [-0.39, 0.29) is 19.1 Å². The SMILES string of the molecule is O=C(/C=C/c1cc(Br)ccc1OCc1ccccc1Cl)NCCO. The summed E-state index contributed by atoms with van der Waals surface area (Å²) >= 11 is 9.54. The molecule has 0 spiro atoms. The number of benzene rings is 2. The van der Waals surface area contributed by atoms with E-state index in [2.05, 4.69) is 21.2 Å². The van der Waals surface area contributed by atoms with Crippen molar-refractivity contribution in [3.8, 4) is 5.75 Å². The summed E-state index contributed by atoms with van der Waals surface area (Å²) in [7, 11) is 0. The lowest BCUT2D eigenvalue weighted by atomic mass is 10.2. The molecule has 2 N–H and O–H groups in total. The zero-order valence-electron chi connectivity index (χ0n) is 12.8. The van der Waals surface area contributed by atoms with Crippen LogP contribution in [0, 0.1) is 0 Å². The number of nitrogens with one attached hydrogen (secondary N) is 1. The molecule has 1 amide bonds. The zero-order valence-corrected chi connectivity index (χ0v) is 15.2. The van der Waals surface area contributed by atoms with Gasteiger partial charge in [-0.3, -0.25) is 4.79 Å². The van der Waals surface area contributed by atoms with Crippen LogP contribution in [0.25, 0.3) is 6.08 Å². The highest BCUT2D eigenvalue weighted by Crippen LogP contribution is 2.26. The number of halogens is 2. The third-order valence-corrected chi connectivity index (χ3v) is 4.00. The summed E-state index contributed by atoms with van der Waals surface area (Å²) in [5.41, 5.74) is 1.65. The van der Waals surface area contributed by atoms with Crippen LogP contribution in [0.2, 0.25) is 5.02 Å². The molecule has 2 aromatic rings. The van der Waals surface area contributed by atoms with Crippen LogP contribution in [0.1, 0.15) is 11.1 Å². The van der Waals surface area contributed by atoms with Crippen molar-refractivity contribution in [3.63, 3.8) is 0 Å². The molecule has 24 heavy (non-hydrogen) atoms. The Kier molecular flexibility index (Phi) is 7.31. The summed E-state index contributed by atoms with van der Waals surface area (Å²) in [6, 6.07) is 13.0. The molecule has 0 aromatic heterocycles. The maximum atomic E-state index is 11.6. The minimum atomic E-state index is -0.277. The molecular weight excluding hydrogens is 394 g/mol. The number of hydrogen-bond donors (Lipinski definition) is 2. The largest absolute Gasteiger partial charge is 0.488 e. The van der Waals surface area contributed by atoms with Gasteiger partial charge in [-0.15, -0.1) is 0 Å². The van der Waals surface area contributed by atoms with Gasteiger partial charge in [-0.25, -0.2) is 0 Å². The van der Waals surface area contributed by atoms with Crippen molar-refractivity contribution in [3.05, 3.63) is 69.2 Å². The third kappa shape index (κ3) is 5.67. The molecular formula is C18H17BrClNO3. The van der Waals surface area contributed by atoms with Crippen molar-refractivity contribution in [2.45, 2.75) is 6.61 Å². The average molecular weight is 411 g/mol. The van der Waals surface area contributed by atoms with Crippen molar-refractivity contribution in [1.82, 2.24) is 5.32 Å². The van der Waals surface area contributed by atoms with Gasteiger partial charge >= 0.3 is 0 Å². The van der Waals surface area contributed by atoms with Crippen LogP contribution < -0.4 is 10.1 Å². The summed E-state index contributed by atoms with van der Waals surface area (Å²) in [6.07, 6.45) is 3.07. The molecule has 0 radical (unpaired) electrons. The van der Waals surface area contributed by atoms with Gasteiger partial charge in [0.1, 0.15) is 12.4 Å². The normalized spacial score (nSPS) is 10.8. The molecule has 2 aromatic carbocycles. The lowest BCUT2D eigenvalue weighted by Crippen LogP contribution is -2.24. The highest BCUT2D eigenvalue weighted by molar-refractivity contribution is 9.10. The first-order chi connectivity index (χ1) is 11.6. The fourth-order valence-electron chi connectivity index (χ4n) is 1.96.